The van der Waals surface area contributed by atoms with Crippen LogP contribution in [0.3, 0.4) is 0 Å². The van der Waals surface area contributed by atoms with Crippen LogP contribution >= 0.6 is 0 Å². The Kier molecular flexibility index (Phi) is 12.9. The number of carboxylic acids is 1. The number of carboxylic acid groups (broad SMARTS) is 1. The summed E-state index contributed by atoms with van der Waals surface area (Å²) in [7, 11) is 0. The molecule has 0 heterocycles. The number of carbonyl (C=O) groups is 5. The van der Waals surface area contributed by atoms with E-state index in [9.17, 15) is 39.3 Å². The van der Waals surface area contributed by atoms with Crippen molar-refractivity contribution in [3.05, 3.63) is 0 Å². The molecule has 178 valence electrons. The number of aliphatic hydroxyl groups is 2. The van der Waals surface area contributed by atoms with Crippen LogP contribution in [0.1, 0.15) is 32.6 Å². The normalized spacial score (nSPS) is 15.6. The molecule has 14 nitrogen and oxygen atoms in total. The van der Waals surface area contributed by atoms with Gasteiger partial charge in [-0.1, -0.05) is 0 Å². The first-order chi connectivity index (χ1) is 14.4. The summed E-state index contributed by atoms with van der Waals surface area (Å²) < 4.78 is 0. The topological polar surface area (TPSA) is 260 Å². The van der Waals surface area contributed by atoms with Gasteiger partial charge < -0.3 is 48.5 Å². The van der Waals surface area contributed by atoms with Crippen molar-refractivity contribution in [1.82, 2.24) is 16.0 Å². The van der Waals surface area contributed by atoms with Crippen LogP contribution in [0.4, 0.5) is 0 Å². The van der Waals surface area contributed by atoms with Crippen molar-refractivity contribution in [2.75, 3.05) is 13.2 Å². The first-order valence-corrected chi connectivity index (χ1v) is 9.61. The van der Waals surface area contributed by atoms with E-state index in [2.05, 4.69) is 16.0 Å². The lowest BCUT2D eigenvalue weighted by molar-refractivity contribution is -0.143. The number of hydrogen-bond acceptors (Lipinski definition) is 9. The minimum atomic E-state index is -1.58. The summed E-state index contributed by atoms with van der Waals surface area (Å²) in [5.41, 5.74) is 15.8. The van der Waals surface area contributed by atoms with Crippen molar-refractivity contribution in [2.24, 2.45) is 17.2 Å². The third-order valence-corrected chi connectivity index (χ3v) is 4.20. The Balaban J connectivity index is 5.11. The molecule has 5 unspecified atom stereocenters. The van der Waals surface area contributed by atoms with Crippen molar-refractivity contribution < 1.29 is 39.3 Å². The summed E-state index contributed by atoms with van der Waals surface area (Å²) in [6.45, 7) is 0.648. The zero-order chi connectivity index (χ0) is 24.1. The first-order valence-electron chi connectivity index (χ1n) is 9.61. The summed E-state index contributed by atoms with van der Waals surface area (Å²) in [6, 6.07) is -5.76. The molecule has 0 spiro atoms. The molecule has 0 aliphatic heterocycles. The molecule has 31 heavy (non-hydrogen) atoms. The fraction of sp³-hybridized carbons (Fsp3) is 0.706. The molecule has 0 aromatic heterocycles. The second-order valence-electron chi connectivity index (χ2n) is 6.93. The summed E-state index contributed by atoms with van der Waals surface area (Å²) >= 11 is 0. The average molecular weight is 448 g/mol. The molecule has 4 amide bonds. The molecule has 0 aliphatic carbocycles. The number of aliphatic carboxylic acids is 1. The number of nitrogens with one attached hydrogen (secondary N) is 3. The molecule has 0 rings (SSSR count). The van der Waals surface area contributed by atoms with E-state index in [0.29, 0.717) is 19.4 Å². The third kappa shape index (κ3) is 10.7. The second-order valence-corrected chi connectivity index (χ2v) is 6.93. The van der Waals surface area contributed by atoms with Gasteiger partial charge in [-0.05, 0) is 32.7 Å². The van der Waals surface area contributed by atoms with Gasteiger partial charge in [0.25, 0.3) is 0 Å². The predicted octanol–water partition coefficient (Wildman–Crippen LogP) is -4.77. The molecule has 0 saturated heterocycles. The summed E-state index contributed by atoms with van der Waals surface area (Å²) in [5.74, 6) is -5.12. The number of rotatable bonds is 15. The fourth-order valence-corrected chi connectivity index (χ4v) is 2.45. The maximum atomic E-state index is 12.4. The molecule has 0 bridgehead atoms. The van der Waals surface area contributed by atoms with Gasteiger partial charge in [0.05, 0.1) is 25.2 Å². The van der Waals surface area contributed by atoms with Gasteiger partial charge in [-0.15, -0.1) is 0 Å². The van der Waals surface area contributed by atoms with E-state index in [1.165, 1.54) is 6.92 Å². The number of unbranched alkanes of at least 4 members (excludes halogenated alkanes) is 1. The van der Waals surface area contributed by atoms with Crippen LogP contribution in [-0.2, 0) is 24.0 Å². The standard InChI is InChI=1S/C17H32N6O8/c1-8(25)13(23-14(27)9(19)6-12(20)26)16(29)22-11(7-24)15(28)21-10(17(30)31)4-2-3-5-18/h8-11,13,24-25H,2-7,18-19H2,1H3,(H2,20,26)(H,21,28)(H,22,29)(H,23,27)(H,30,31). The van der Waals surface area contributed by atoms with Crippen molar-refractivity contribution in [1.29, 1.82) is 0 Å². The van der Waals surface area contributed by atoms with Gasteiger partial charge >= 0.3 is 5.97 Å². The molecule has 12 N–H and O–H groups in total. The van der Waals surface area contributed by atoms with Gasteiger partial charge in [-0.25, -0.2) is 4.79 Å². The Morgan fingerprint density at radius 1 is 0.935 bits per heavy atom. The van der Waals surface area contributed by atoms with Crippen LogP contribution in [0.15, 0.2) is 0 Å². The average Bonchev–Trinajstić information content (AvgIpc) is 2.67. The minimum absolute atomic E-state index is 0.0917. The zero-order valence-electron chi connectivity index (χ0n) is 17.2. The molecule has 0 aliphatic rings. The largest absolute Gasteiger partial charge is 0.480 e. The van der Waals surface area contributed by atoms with Gasteiger partial charge in [0.1, 0.15) is 18.1 Å². The highest BCUT2D eigenvalue weighted by atomic mass is 16.4. The quantitative estimate of drug-likeness (QED) is 0.108. The Labute approximate surface area is 178 Å². The summed E-state index contributed by atoms with van der Waals surface area (Å²) in [5, 5.41) is 34.9. The van der Waals surface area contributed by atoms with Gasteiger partial charge in [-0.3, -0.25) is 19.2 Å². The van der Waals surface area contributed by atoms with E-state index in [-0.39, 0.29) is 6.42 Å². The third-order valence-electron chi connectivity index (χ3n) is 4.20. The molecule has 0 aromatic rings. The van der Waals surface area contributed by atoms with Gasteiger partial charge in [0, 0.05) is 0 Å². The lowest BCUT2D eigenvalue weighted by Crippen LogP contribution is -2.60. The number of hydrogen-bond donors (Lipinski definition) is 9. The SMILES string of the molecule is CC(O)C(NC(=O)C(N)CC(N)=O)C(=O)NC(CO)C(=O)NC(CCCCN)C(=O)O. The molecule has 14 heteroatoms. The molecule has 0 fully saturated rings. The second kappa shape index (κ2) is 14.2. The number of primary amides is 1. The lowest BCUT2D eigenvalue weighted by Gasteiger charge is -2.25. The van der Waals surface area contributed by atoms with Gasteiger partial charge in [0.2, 0.25) is 23.6 Å². The van der Waals surface area contributed by atoms with E-state index in [4.69, 9.17) is 17.2 Å². The molecule has 0 aromatic carbocycles. The van der Waals surface area contributed by atoms with E-state index >= 15 is 0 Å². The number of amides is 4. The van der Waals surface area contributed by atoms with Crippen molar-refractivity contribution in [3.63, 3.8) is 0 Å². The molecule has 5 atom stereocenters. The Bertz CT molecular complexity index is 644. The monoisotopic (exact) mass is 448 g/mol. The van der Waals surface area contributed by atoms with E-state index in [1.54, 1.807) is 0 Å². The van der Waals surface area contributed by atoms with Crippen LogP contribution in [0.2, 0.25) is 0 Å². The van der Waals surface area contributed by atoms with Crippen LogP contribution in [0, 0.1) is 0 Å². The number of nitrogens with two attached hydrogens (primary N) is 3. The van der Waals surface area contributed by atoms with Crippen LogP contribution in [0.25, 0.3) is 0 Å². The highest BCUT2D eigenvalue weighted by molar-refractivity contribution is 5.95. The zero-order valence-corrected chi connectivity index (χ0v) is 17.2. The first kappa shape index (κ1) is 28.2. The predicted molar refractivity (Wildman–Crippen MR) is 107 cm³/mol. The minimum Gasteiger partial charge on any atom is -0.480 e. The Morgan fingerprint density at radius 3 is 1.97 bits per heavy atom. The summed E-state index contributed by atoms with van der Waals surface area (Å²) in [4.78, 5) is 58.9. The van der Waals surface area contributed by atoms with E-state index in [1.807, 2.05) is 0 Å². The Hall–Kier alpha value is -2.81. The molecular formula is C17H32N6O8. The van der Waals surface area contributed by atoms with Crippen molar-refractivity contribution in [3.8, 4) is 0 Å². The molecule has 0 saturated carbocycles. The van der Waals surface area contributed by atoms with Crippen LogP contribution in [0.5, 0.6) is 0 Å². The molecule has 0 radical (unpaired) electrons. The highest BCUT2D eigenvalue weighted by Crippen LogP contribution is 2.02. The van der Waals surface area contributed by atoms with E-state index < -0.39 is 72.9 Å². The van der Waals surface area contributed by atoms with E-state index in [0.717, 1.165) is 0 Å². The molecular weight excluding hydrogens is 416 g/mol. The van der Waals surface area contributed by atoms with Crippen LogP contribution < -0.4 is 33.2 Å². The van der Waals surface area contributed by atoms with Gasteiger partial charge in [0.15, 0.2) is 0 Å². The fourth-order valence-electron chi connectivity index (χ4n) is 2.45. The number of aliphatic hydroxyl groups excluding tert-OH is 2. The maximum Gasteiger partial charge on any atom is 0.326 e. The van der Waals surface area contributed by atoms with Crippen molar-refractivity contribution >= 4 is 29.6 Å². The summed E-state index contributed by atoms with van der Waals surface area (Å²) in [6.07, 6.45) is -0.856. The lowest BCUT2D eigenvalue weighted by atomic mass is 10.1. The Morgan fingerprint density at radius 2 is 1.52 bits per heavy atom. The maximum absolute atomic E-state index is 12.4. The number of carbonyl (C=O) groups excluding carboxylic acids is 4. The van der Waals surface area contributed by atoms with Gasteiger partial charge in [-0.2, -0.15) is 0 Å². The smallest absolute Gasteiger partial charge is 0.326 e. The van der Waals surface area contributed by atoms with Crippen LogP contribution in [-0.4, -0.2) is 88.3 Å². The highest BCUT2D eigenvalue weighted by Gasteiger charge is 2.32. The van der Waals surface area contributed by atoms with Crippen molar-refractivity contribution in [2.45, 2.75) is 62.9 Å².